The first-order valence-corrected chi connectivity index (χ1v) is 9.51. The molecule has 23 heavy (non-hydrogen) atoms. The van der Waals surface area contributed by atoms with E-state index in [1.807, 2.05) is 6.07 Å². The third-order valence-corrected chi connectivity index (χ3v) is 5.97. The van der Waals surface area contributed by atoms with Gasteiger partial charge in [-0.05, 0) is 37.5 Å². The second-order valence-corrected chi connectivity index (χ2v) is 7.54. The normalized spacial score (nSPS) is 22.0. The molecular weight excluding hydrogens is 309 g/mol. The van der Waals surface area contributed by atoms with Gasteiger partial charge in [-0.3, -0.25) is 4.99 Å². The number of aliphatic imine (C=N–C) groups is 1. The Balaban J connectivity index is 1.70. The SMILES string of the molecule is CC[C@@H]1CSC(c2cc3cc(F)cc(NC4CCCC4)c3[nH]2)=N1. The molecule has 2 aromatic rings. The number of fused-ring (bicyclic) bond motifs is 1. The molecule has 1 aliphatic heterocycles. The fourth-order valence-electron chi connectivity index (χ4n) is 3.50. The topological polar surface area (TPSA) is 40.2 Å². The van der Waals surface area contributed by atoms with Gasteiger partial charge in [-0.1, -0.05) is 19.8 Å². The van der Waals surface area contributed by atoms with Gasteiger partial charge in [0.1, 0.15) is 10.9 Å². The lowest BCUT2D eigenvalue weighted by Crippen LogP contribution is -2.14. The minimum absolute atomic E-state index is 0.184. The van der Waals surface area contributed by atoms with Crippen molar-refractivity contribution in [2.45, 2.75) is 51.1 Å². The molecule has 3 nitrogen and oxygen atoms in total. The Morgan fingerprint density at radius 3 is 2.87 bits per heavy atom. The summed E-state index contributed by atoms with van der Waals surface area (Å²) in [6.07, 6.45) is 5.94. The molecule has 5 heteroatoms. The van der Waals surface area contributed by atoms with E-state index in [1.165, 1.54) is 25.7 Å². The molecule has 0 unspecified atom stereocenters. The molecule has 2 heterocycles. The van der Waals surface area contributed by atoms with Crippen LogP contribution in [0.25, 0.3) is 10.9 Å². The summed E-state index contributed by atoms with van der Waals surface area (Å²) in [5.74, 6) is 0.860. The number of aromatic amines is 1. The minimum atomic E-state index is -0.184. The number of thioether (sulfide) groups is 1. The number of H-pyrrole nitrogens is 1. The Morgan fingerprint density at radius 2 is 2.13 bits per heavy atom. The van der Waals surface area contributed by atoms with E-state index in [0.29, 0.717) is 12.1 Å². The first-order chi connectivity index (χ1) is 11.2. The summed E-state index contributed by atoms with van der Waals surface area (Å²) >= 11 is 1.79. The lowest BCUT2D eigenvalue weighted by Gasteiger charge is -2.14. The van der Waals surface area contributed by atoms with Gasteiger partial charge in [0.15, 0.2) is 0 Å². The number of benzene rings is 1. The Hall–Kier alpha value is -1.49. The molecule has 4 rings (SSSR count). The van der Waals surface area contributed by atoms with Crippen molar-refractivity contribution in [1.29, 1.82) is 0 Å². The highest BCUT2D eigenvalue weighted by molar-refractivity contribution is 8.14. The van der Waals surface area contributed by atoms with Gasteiger partial charge in [-0.25, -0.2) is 4.39 Å². The molecule has 2 aliphatic rings. The number of rotatable bonds is 4. The van der Waals surface area contributed by atoms with Gasteiger partial charge in [0.05, 0.1) is 22.9 Å². The van der Waals surface area contributed by atoms with Crippen molar-refractivity contribution in [3.05, 3.63) is 29.7 Å². The van der Waals surface area contributed by atoms with Crippen LogP contribution in [0.2, 0.25) is 0 Å². The fraction of sp³-hybridized carbons (Fsp3) is 0.500. The molecule has 1 atom stereocenters. The number of hydrogen-bond donors (Lipinski definition) is 2. The summed E-state index contributed by atoms with van der Waals surface area (Å²) in [6.45, 7) is 2.17. The van der Waals surface area contributed by atoms with Crippen LogP contribution in [-0.2, 0) is 0 Å². The number of nitrogens with one attached hydrogen (secondary N) is 2. The van der Waals surface area contributed by atoms with Crippen LogP contribution in [0, 0.1) is 5.82 Å². The Morgan fingerprint density at radius 1 is 1.30 bits per heavy atom. The molecule has 0 bridgehead atoms. The Labute approximate surface area is 140 Å². The summed E-state index contributed by atoms with van der Waals surface area (Å²) in [5.41, 5.74) is 2.89. The van der Waals surface area contributed by atoms with E-state index in [0.717, 1.165) is 39.5 Å². The van der Waals surface area contributed by atoms with Gasteiger partial charge in [-0.2, -0.15) is 0 Å². The third-order valence-electron chi connectivity index (χ3n) is 4.82. The lowest BCUT2D eigenvalue weighted by atomic mass is 10.2. The number of anilines is 1. The molecule has 122 valence electrons. The van der Waals surface area contributed by atoms with E-state index in [2.05, 4.69) is 17.2 Å². The Bertz CT molecular complexity index is 746. The monoisotopic (exact) mass is 331 g/mol. The number of halogens is 1. The van der Waals surface area contributed by atoms with E-state index in [1.54, 1.807) is 23.9 Å². The largest absolute Gasteiger partial charge is 0.381 e. The quantitative estimate of drug-likeness (QED) is 0.833. The van der Waals surface area contributed by atoms with Crippen molar-refractivity contribution in [2.24, 2.45) is 4.99 Å². The second-order valence-electron chi connectivity index (χ2n) is 6.53. The van der Waals surface area contributed by atoms with E-state index >= 15 is 0 Å². The van der Waals surface area contributed by atoms with Gasteiger partial charge in [0.25, 0.3) is 0 Å². The van der Waals surface area contributed by atoms with Gasteiger partial charge in [0, 0.05) is 17.2 Å². The smallest absolute Gasteiger partial charge is 0.126 e. The maximum Gasteiger partial charge on any atom is 0.126 e. The minimum Gasteiger partial charge on any atom is -0.381 e. The molecule has 1 fully saturated rings. The summed E-state index contributed by atoms with van der Waals surface area (Å²) in [4.78, 5) is 8.23. The van der Waals surface area contributed by atoms with E-state index in [-0.39, 0.29) is 5.82 Å². The molecule has 1 aromatic heterocycles. The number of aromatic nitrogens is 1. The van der Waals surface area contributed by atoms with Crippen LogP contribution in [-0.4, -0.2) is 27.9 Å². The summed E-state index contributed by atoms with van der Waals surface area (Å²) in [7, 11) is 0. The fourth-order valence-corrected chi connectivity index (χ4v) is 4.65. The van der Waals surface area contributed by atoms with Crippen LogP contribution in [0.3, 0.4) is 0 Å². The van der Waals surface area contributed by atoms with Crippen LogP contribution in [0.5, 0.6) is 0 Å². The number of hydrogen-bond acceptors (Lipinski definition) is 3. The maximum absolute atomic E-state index is 14.0. The van der Waals surface area contributed by atoms with E-state index < -0.39 is 0 Å². The molecule has 0 amide bonds. The second kappa shape index (κ2) is 6.19. The van der Waals surface area contributed by atoms with Crippen LogP contribution in [0.1, 0.15) is 44.7 Å². The van der Waals surface area contributed by atoms with Crippen molar-refractivity contribution in [3.63, 3.8) is 0 Å². The van der Waals surface area contributed by atoms with Crippen LogP contribution in [0.15, 0.2) is 23.2 Å². The van der Waals surface area contributed by atoms with Crippen molar-refractivity contribution in [3.8, 4) is 0 Å². The van der Waals surface area contributed by atoms with Gasteiger partial charge >= 0.3 is 0 Å². The zero-order chi connectivity index (χ0) is 15.8. The molecule has 1 aliphatic carbocycles. The zero-order valence-electron chi connectivity index (χ0n) is 13.4. The lowest BCUT2D eigenvalue weighted by molar-refractivity contribution is 0.629. The molecule has 1 aromatic carbocycles. The highest BCUT2D eigenvalue weighted by atomic mass is 32.2. The molecule has 1 saturated carbocycles. The highest BCUT2D eigenvalue weighted by Crippen LogP contribution is 2.32. The van der Waals surface area contributed by atoms with Crippen molar-refractivity contribution < 1.29 is 4.39 Å². The first kappa shape index (κ1) is 15.1. The van der Waals surface area contributed by atoms with Gasteiger partial charge < -0.3 is 10.3 Å². The van der Waals surface area contributed by atoms with Crippen LogP contribution in [0.4, 0.5) is 10.1 Å². The molecule has 0 spiro atoms. The van der Waals surface area contributed by atoms with Crippen LogP contribution < -0.4 is 5.32 Å². The zero-order valence-corrected chi connectivity index (χ0v) is 14.2. The van der Waals surface area contributed by atoms with Gasteiger partial charge in [0.2, 0.25) is 0 Å². The summed E-state index contributed by atoms with van der Waals surface area (Å²) < 4.78 is 14.0. The average Bonchev–Trinajstić information content (AvgIpc) is 3.26. The molecular formula is C18H22FN3S. The first-order valence-electron chi connectivity index (χ1n) is 8.52. The summed E-state index contributed by atoms with van der Waals surface area (Å²) in [5, 5.41) is 5.51. The van der Waals surface area contributed by atoms with E-state index in [4.69, 9.17) is 4.99 Å². The van der Waals surface area contributed by atoms with Crippen molar-refractivity contribution >= 4 is 33.4 Å². The van der Waals surface area contributed by atoms with Crippen molar-refractivity contribution in [2.75, 3.05) is 11.1 Å². The van der Waals surface area contributed by atoms with Gasteiger partial charge in [-0.15, -0.1) is 11.8 Å². The predicted octanol–water partition coefficient (Wildman–Crippen LogP) is 4.93. The molecule has 2 N–H and O–H groups in total. The Kier molecular flexibility index (Phi) is 4.05. The van der Waals surface area contributed by atoms with Crippen LogP contribution >= 0.6 is 11.8 Å². The number of nitrogens with zero attached hydrogens (tertiary/aromatic N) is 1. The molecule has 0 saturated heterocycles. The molecule has 0 radical (unpaired) electrons. The van der Waals surface area contributed by atoms with Crippen molar-refractivity contribution in [1.82, 2.24) is 4.98 Å². The predicted molar refractivity (Wildman–Crippen MR) is 97.2 cm³/mol. The van der Waals surface area contributed by atoms with E-state index in [9.17, 15) is 4.39 Å². The highest BCUT2D eigenvalue weighted by Gasteiger charge is 2.21. The average molecular weight is 331 g/mol. The summed E-state index contributed by atoms with van der Waals surface area (Å²) in [6, 6.07) is 6.12. The third kappa shape index (κ3) is 2.99. The standard InChI is InChI=1S/C18H22FN3S/c1-2-13-10-23-18(21-13)16-8-11-7-12(19)9-15(17(11)22-16)20-14-5-3-4-6-14/h7-9,13-14,20,22H,2-6,10H2,1H3/t13-/m1/s1. The maximum atomic E-state index is 14.0.